The number of rotatable bonds is 52. The molecule has 66 heteroatoms. The van der Waals surface area contributed by atoms with Crippen LogP contribution in [0.4, 0.5) is 11.6 Å². The van der Waals surface area contributed by atoms with Crippen molar-refractivity contribution in [2.75, 3.05) is 146 Å². The van der Waals surface area contributed by atoms with Crippen LogP contribution in [-0.4, -0.2) is 301 Å². The quantitative estimate of drug-likeness (QED) is 0.0107. The van der Waals surface area contributed by atoms with Crippen molar-refractivity contribution in [1.29, 1.82) is 0 Å². The fourth-order valence-electron chi connectivity index (χ4n) is 15.8. The molecule has 6 aromatic heterocycles. The Morgan fingerprint density at radius 2 is 0.676 bits per heavy atom. The molecule has 0 bridgehead atoms. The number of H-pyrrole nitrogens is 4. The van der Waals surface area contributed by atoms with E-state index in [2.05, 4.69) is 29.9 Å². The number of nitrogens with one attached hydrogen (secondary N) is 4. The minimum Gasteiger partial charge on any atom is -0.780 e. The number of aromatic nitrogens is 12. The minimum atomic E-state index is -6.29. The average molecular weight is 2170 g/mol. The zero-order valence-electron chi connectivity index (χ0n) is 78.0. The first-order valence-corrected chi connectivity index (χ1v) is 54.0. The first-order chi connectivity index (χ1) is 67.1. The molecule has 794 valence electrons. The molecule has 6 aliphatic rings. The molecule has 142 heavy (non-hydrogen) atoms. The van der Waals surface area contributed by atoms with Gasteiger partial charge in [-0.25, -0.2) is 28.8 Å². The summed E-state index contributed by atoms with van der Waals surface area (Å²) < 4.78 is 204. The van der Waals surface area contributed by atoms with Gasteiger partial charge in [0.1, 0.15) is 123 Å². The van der Waals surface area contributed by atoms with Gasteiger partial charge in [0.05, 0.1) is 111 Å². The molecule has 12 rings (SSSR count). The van der Waals surface area contributed by atoms with Gasteiger partial charge in [0.25, 0.3) is 37.9 Å². The van der Waals surface area contributed by atoms with E-state index in [0.717, 1.165) is 46.0 Å². The Morgan fingerprint density at radius 1 is 0.387 bits per heavy atom. The van der Waals surface area contributed by atoms with Gasteiger partial charge in [-0.05, 0) is 48.0 Å². The first kappa shape index (κ1) is 114. The maximum absolute atomic E-state index is 15.4. The van der Waals surface area contributed by atoms with Crippen LogP contribution >= 0.6 is 35.9 Å². The molecule has 6 fully saturated rings. The van der Waals surface area contributed by atoms with E-state index in [9.17, 15) is 72.3 Å². The van der Waals surface area contributed by atoms with E-state index in [0.29, 0.717) is 5.56 Å². The normalized spacial score (nSPS) is 29.4. The molecule has 11 unspecified atom stereocenters. The summed E-state index contributed by atoms with van der Waals surface area (Å²) in [6.45, 7) is -14.1. The number of anilines is 2. The number of hydrogen-bond acceptors (Lipinski definition) is 51. The molecule has 0 aliphatic carbocycles. The van der Waals surface area contributed by atoms with Gasteiger partial charge in [-0.15, -0.1) is 0 Å². The molecule has 58 nitrogen and oxygen atoms in total. The summed E-state index contributed by atoms with van der Waals surface area (Å²) in [5.41, 5.74) is 2.52. The van der Waals surface area contributed by atoms with E-state index in [-0.39, 0.29) is 98.5 Å². The third kappa shape index (κ3) is 28.2. The number of aliphatic hydroxyl groups is 1. The van der Waals surface area contributed by atoms with Gasteiger partial charge >= 0.3 is 34.1 Å². The van der Waals surface area contributed by atoms with Gasteiger partial charge in [0, 0.05) is 113 Å². The Labute approximate surface area is 819 Å². The van der Waals surface area contributed by atoms with Crippen LogP contribution in [0.1, 0.15) is 90.5 Å². The van der Waals surface area contributed by atoms with E-state index >= 15 is 14.0 Å². The predicted octanol–water partition coefficient (Wildman–Crippen LogP) is -4.81. The van der Waals surface area contributed by atoms with E-state index in [4.69, 9.17) is 168 Å². The van der Waals surface area contributed by atoms with Crippen molar-refractivity contribution in [3.63, 3.8) is 0 Å². The number of phosphoric acid groups is 2. The molecular weight excluding hydrogens is 2060 g/mol. The number of nitrogens with two attached hydrogens (primary N) is 2. The highest BCUT2D eigenvalue weighted by Crippen LogP contribution is 2.56. The van der Waals surface area contributed by atoms with Gasteiger partial charge in [0.15, 0.2) is 37.9 Å². The summed E-state index contributed by atoms with van der Waals surface area (Å²) in [5.74, 6) is -0.343. The van der Waals surface area contributed by atoms with Gasteiger partial charge in [-0.2, -0.15) is 9.97 Å². The molecule has 6 aliphatic heterocycles. The molecule has 0 aromatic carbocycles. The topological polar surface area (TPSA) is 745 Å². The Bertz CT molecular complexity index is 6290. The lowest BCUT2D eigenvalue weighted by Crippen LogP contribution is -2.43. The molecule has 9 N–H and O–H groups in total. The zero-order valence-corrected chi connectivity index (χ0v) is 84.9. The lowest BCUT2D eigenvalue weighted by Gasteiger charge is -2.36. The first-order valence-electron chi connectivity index (χ1n) is 43.5. The van der Waals surface area contributed by atoms with E-state index in [1.54, 1.807) is 13.8 Å². The number of ether oxygens (including phenoxy) is 16. The van der Waals surface area contributed by atoms with Crippen molar-refractivity contribution in [3.05, 3.63) is 175 Å². The van der Waals surface area contributed by atoms with Crippen molar-refractivity contribution in [2.24, 2.45) is 0 Å². The Kier molecular flexibility index (Phi) is 39.7. The highest BCUT2D eigenvalue weighted by molar-refractivity contribution is 8.32. The zero-order chi connectivity index (χ0) is 104. The molecule has 0 saturated carbocycles. The number of nitrogens with zero attached hydrogens (tertiary/aromatic N) is 8. The van der Waals surface area contributed by atoms with Gasteiger partial charge < -0.3 is 169 Å². The second-order valence-electron chi connectivity index (χ2n) is 32.8. The third-order valence-corrected chi connectivity index (χ3v) is 29.5. The van der Waals surface area contributed by atoms with Crippen LogP contribution < -0.4 is 87.4 Å². The van der Waals surface area contributed by atoms with E-state index in [1.807, 2.05) is 0 Å². The van der Waals surface area contributed by atoms with Crippen LogP contribution in [0.15, 0.2) is 85.1 Å². The number of hydrogen-bond donors (Lipinski definition) is 7. The number of aromatic amines is 4. The van der Waals surface area contributed by atoms with Gasteiger partial charge in [-0.3, -0.25) is 80.2 Å². The van der Waals surface area contributed by atoms with Crippen LogP contribution in [0.25, 0.3) is 0 Å². The van der Waals surface area contributed by atoms with Crippen molar-refractivity contribution in [1.82, 2.24) is 57.3 Å². The maximum atomic E-state index is 15.4. The highest BCUT2D eigenvalue weighted by Gasteiger charge is 2.57. The second kappa shape index (κ2) is 49.5. The lowest BCUT2D eigenvalue weighted by molar-refractivity contribution is -0.241. The number of aryl methyl sites for hydroxylation is 6. The van der Waals surface area contributed by atoms with E-state index in [1.165, 1.54) is 88.8 Å². The van der Waals surface area contributed by atoms with Crippen molar-refractivity contribution in [3.8, 4) is 0 Å². The fraction of sp³-hybridized carbons (Fsp3) is 0.684. The number of phosphoric ester groups is 2. The molecular formula is C76H108N14O44P5S3-5. The van der Waals surface area contributed by atoms with Crippen LogP contribution in [-0.2, 0) is 171 Å². The Morgan fingerprint density at radius 3 is 1.04 bits per heavy atom. The number of aliphatic hydroxyl groups excluding tert-OH is 1. The summed E-state index contributed by atoms with van der Waals surface area (Å²) in [5, 5.41) is 11.7. The second-order valence-corrected chi connectivity index (χ2v) is 43.6. The number of nitrogen functional groups attached to an aromatic ring is 2. The monoisotopic (exact) mass is 2170 g/mol. The standard InChI is InChI=1S/C76H113N14O44P5S3/c1-13-42-43(24-49(124-42)85-27-38(4)62(92)81-73(85)98)130-137(106,140)122-34-47-52(57(116-21-16-111-10)67(128-47)87-26-37(3)61(78)80-72(87)97)132-135(102,103)119-32-45-51(56(115-20-15-110-9)68(126-45)88-28-39(5)63(93)82-74(88)99)131-136(104,105)120-33-46-53(58(117-22-17-112-11)69(127-46)89-29-40(6)64(94)83-75(89)100)133-139(108,142)123-35-48-54(59(118-23-18-113-12)70(129-48)90-30-41(7)65(95)84-76(90)101)134-138(107,141)121-31-44-50(91)55(114-19-14-109-8)66(125-44)86-25-36(2)60(77)79-71(86)96/h25-30,42-59,66-70,91H,13-24,31-35H2,1-12H3,(H,102,103)(H,104,105)(H,106,140)(H,107,141)(H,108,142)(H2,77,79,96)(H2,78,80,97)(H,81,92,98)(H,82,93,99)(H,83,94,100)(H,84,95,101)/p-5/t42-,43?,44-,45-,46-,47-,48-,49-,50?,51?,52?,53?,54?,55+,56+,57+,58+,59+,66-,67-,68-,69-,70-,137?,138?,139?/m1/s1. The summed E-state index contributed by atoms with van der Waals surface area (Å²) >= 11 is 16.5. The summed E-state index contributed by atoms with van der Waals surface area (Å²) in [6.07, 6.45) is -33.5. The summed E-state index contributed by atoms with van der Waals surface area (Å²) in [6, 6.07) is 0. The molecule has 0 amide bonds. The van der Waals surface area contributed by atoms with Crippen LogP contribution in [0.5, 0.6) is 0 Å². The van der Waals surface area contributed by atoms with Crippen molar-refractivity contribution in [2.45, 2.75) is 202 Å². The van der Waals surface area contributed by atoms with Crippen LogP contribution in [0.3, 0.4) is 0 Å². The minimum absolute atomic E-state index is 0.00310. The summed E-state index contributed by atoms with van der Waals surface area (Å²) in [7, 11) is -5.99. The van der Waals surface area contributed by atoms with Gasteiger partial charge in [-0.1, -0.05) is 30.5 Å². The molecule has 0 spiro atoms. The molecule has 0 radical (unpaired) electrons. The largest absolute Gasteiger partial charge is 0.780 e. The Hall–Kier alpha value is -6.82. The van der Waals surface area contributed by atoms with E-state index < -0.39 is 286 Å². The summed E-state index contributed by atoms with van der Waals surface area (Å²) in [4.78, 5) is 209. The van der Waals surface area contributed by atoms with Crippen LogP contribution in [0.2, 0.25) is 0 Å². The lowest BCUT2D eigenvalue weighted by atomic mass is 10.1. The SMILES string of the molecule is CC[C@H]1O[C@@H](n2cc(C)c(=O)[nH]c2=O)CC1OP([O-])(=S)OC[C@H]1O[C@@H](n2cc(C)c(N)nc2=O)[C@@H](OCCOC)C1OP(=O)([O-])OC[C@H]1O[C@@H](n2cc(C)c(=O)[nH]c2=O)[C@@H](OCCOC)C1OP(=O)([O-])OC[C@H]1O[C@@H](n2cc(C)c(=O)[nH]c2=O)[C@@H](OCCOC)C1OP(=O)([S-])OC[C@H]1O[C@@H](n2cc(C)c(=O)[nH]c2=O)[C@@H](OCCOC)C1OP([O-])(=S)OC[C@H]1O[C@@H](n2cc(C)c(N)nc2=O)[C@@H](OCCOC)C1O. The molecule has 6 aromatic rings. The predicted molar refractivity (Wildman–Crippen MR) is 485 cm³/mol. The number of methoxy groups -OCH3 is 5. The smallest absolute Gasteiger partial charge is 0.351 e. The Balaban J connectivity index is 0.844. The molecule has 12 heterocycles. The van der Waals surface area contributed by atoms with Gasteiger partial charge in [0.2, 0.25) is 0 Å². The van der Waals surface area contributed by atoms with Crippen molar-refractivity contribution >= 4 is 83.4 Å². The molecule has 28 atom stereocenters. The third-order valence-electron chi connectivity index (χ3n) is 22.9. The maximum Gasteiger partial charge on any atom is 0.351 e. The highest BCUT2D eigenvalue weighted by atomic mass is 32.7. The average Bonchev–Trinajstić information content (AvgIpc) is 1.62. The fourth-order valence-corrected chi connectivity index (χ4v) is 22.0. The van der Waals surface area contributed by atoms with Crippen LogP contribution in [0, 0.1) is 41.5 Å². The van der Waals surface area contributed by atoms with Crippen molar-refractivity contribution < 1.29 is 159 Å². The molecule has 6 saturated heterocycles.